The second kappa shape index (κ2) is 7.40. The summed E-state index contributed by atoms with van der Waals surface area (Å²) in [5.74, 6) is 1.24. The van der Waals surface area contributed by atoms with Gasteiger partial charge in [0.1, 0.15) is 17.3 Å². The molecule has 2 aliphatic rings. The van der Waals surface area contributed by atoms with Gasteiger partial charge in [-0.05, 0) is 69.1 Å². The Balaban J connectivity index is 1.60. The van der Waals surface area contributed by atoms with Gasteiger partial charge >= 0.3 is 0 Å². The van der Waals surface area contributed by atoms with Crippen molar-refractivity contribution in [2.24, 2.45) is 0 Å². The van der Waals surface area contributed by atoms with E-state index >= 15 is 0 Å². The van der Waals surface area contributed by atoms with Crippen molar-refractivity contribution in [2.45, 2.75) is 38.1 Å². The third-order valence-corrected chi connectivity index (χ3v) is 5.25. The Morgan fingerprint density at radius 1 is 0.960 bits per heavy atom. The first kappa shape index (κ1) is 16.3. The summed E-state index contributed by atoms with van der Waals surface area (Å²) >= 11 is 0. The molecule has 1 heterocycles. The molecule has 0 N–H and O–H groups in total. The number of halogens is 1. The number of ether oxygens (including phenoxy) is 1. The molecule has 2 aromatic carbocycles. The minimum absolute atomic E-state index is 0.248. The molecule has 1 aliphatic heterocycles. The van der Waals surface area contributed by atoms with Crippen LogP contribution < -0.4 is 4.74 Å². The van der Waals surface area contributed by atoms with Crippen molar-refractivity contribution in [1.82, 2.24) is 4.90 Å². The summed E-state index contributed by atoms with van der Waals surface area (Å²) in [5, 5.41) is 0. The van der Waals surface area contributed by atoms with Crippen LogP contribution in [0.1, 0.15) is 37.7 Å². The summed E-state index contributed by atoms with van der Waals surface area (Å²) < 4.78 is 19.1. The molecule has 1 unspecified atom stereocenters. The van der Waals surface area contributed by atoms with Gasteiger partial charge in [0.05, 0.1) is 0 Å². The van der Waals surface area contributed by atoms with Crippen molar-refractivity contribution in [2.75, 3.05) is 13.1 Å². The molecular formula is C22H24FNO. The van der Waals surface area contributed by atoms with Crippen LogP contribution in [0.5, 0.6) is 11.5 Å². The summed E-state index contributed by atoms with van der Waals surface area (Å²) in [6.07, 6.45) is 8.69. The normalized spacial score (nSPS) is 22.6. The van der Waals surface area contributed by atoms with Gasteiger partial charge in [-0.1, -0.05) is 36.3 Å². The first-order chi connectivity index (χ1) is 12.3. The van der Waals surface area contributed by atoms with Crippen molar-refractivity contribution in [3.63, 3.8) is 0 Å². The molecule has 1 saturated heterocycles. The van der Waals surface area contributed by atoms with Gasteiger partial charge in [-0.25, -0.2) is 4.39 Å². The maximum absolute atomic E-state index is 13.1. The molecule has 2 aromatic rings. The van der Waals surface area contributed by atoms with E-state index in [1.165, 1.54) is 62.9 Å². The van der Waals surface area contributed by atoms with E-state index in [1.54, 1.807) is 12.1 Å². The smallest absolute Gasteiger partial charge is 0.134 e. The zero-order chi connectivity index (χ0) is 17.1. The van der Waals surface area contributed by atoms with Gasteiger partial charge in [0.25, 0.3) is 0 Å². The molecule has 25 heavy (non-hydrogen) atoms. The first-order valence-corrected chi connectivity index (χ1v) is 9.26. The largest absolute Gasteiger partial charge is 0.457 e. The van der Waals surface area contributed by atoms with Gasteiger partial charge in [0.2, 0.25) is 0 Å². The van der Waals surface area contributed by atoms with Crippen molar-refractivity contribution in [3.8, 4) is 11.5 Å². The molecule has 1 saturated carbocycles. The Morgan fingerprint density at radius 3 is 2.52 bits per heavy atom. The molecule has 4 rings (SSSR count). The molecule has 0 amide bonds. The fourth-order valence-corrected chi connectivity index (χ4v) is 3.78. The predicted molar refractivity (Wildman–Crippen MR) is 99.3 cm³/mol. The molecule has 1 aliphatic carbocycles. The lowest BCUT2D eigenvalue weighted by molar-refractivity contribution is 0.121. The van der Waals surface area contributed by atoms with Crippen LogP contribution in [0.15, 0.2) is 54.1 Å². The summed E-state index contributed by atoms with van der Waals surface area (Å²) in [7, 11) is 0. The highest BCUT2D eigenvalue weighted by atomic mass is 19.1. The van der Waals surface area contributed by atoms with E-state index in [0.717, 1.165) is 11.3 Å². The summed E-state index contributed by atoms with van der Waals surface area (Å²) in [6, 6.07) is 14.9. The van der Waals surface area contributed by atoms with Crippen molar-refractivity contribution in [3.05, 3.63) is 65.5 Å². The zero-order valence-electron chi connectivity index (χ0n) is 14.5. The lowest BCUT2D eigenvalue weighted by Gasteiger charge is -2.42. The number of hydrogen-bond acceptors (Lipinski definition) is 2. The molecule has 0 aromatic heterocycles. The monoisotopic (exact) mass is 337 g/mol. The van der Waals surface area contributed by atoms with E-state index in [9.17, 15) is 4.39 Å². The second-order valence-corrected chi connectivity index (χ2v) is 6.96. The molecule has 0 radical (unpaired) electrons. The molecule has 0 spiro atoms. The zero-order valence-corrected chi connectivity index (χ0v) is 14.5. The molecule has 130 valence electrons. The van der Waals surface area contributed by atoms with Crippen LogP contribution in [-0.2, 0) is 0 Å². The summed E-state index contributed by atoms with van der Waals surface area (Å²) in [6.45, 7) is 2.46. The fraction of sp³-hybridized carbons (Fsp3) is 0.364. The third kappa shape index (κ3) is 3.77. The average molecular weight is 337 g/mol. The van der Waals surface area contributed by atoms with E-state index < -0.39 is 0 Å². The standard InChI is InChI=1S/C22H24FNO/c23-19-10-12-20(13-11-19)25-22-9-4-2-7-18(22)16-17-6-1-3-8-21(17)24-14-5-15-24/h2,4,7,9-13,16,21H,1,3,5-6,8,14-15H2. The Morgan fingerprint density at radius 2 is 1.76 bits per heavy atom. The van der Waals surface area contributed by atoms with E-state index in [1.807, 2.05) is 18.2 Å². The fourth-order valence-electron chi connectivity index (χ4n) is 3.78. The maximum Gasteiger partial charge on any atom is 0.134 e. The highest BCUT2D eigenvalue weighted by molar-refractivity contribution is 5.61. The molecule has 3 heteroatoms. The van der Waals surface area contributed by atoms with E-state index in [-0.39, 0.29) is 5.82 Å². The Labute approximate surface area is 148 Å². The first-order valence-electron chi connectivity index (χ1n) is 9.26. The van der Waals surface area contributed by atoms with Crippen molar-refractivity contribution < 1.29 is 9.13 Å². The van der Waals surface area contributed by atoms with Gasteiger partial charge in [0.15, 0.2) is 0 Å². The number of nitrogens with zero attached hydrogens (tertiary/aromatic N) is 1. The third-order valence-electron chi connectivity index (χ3n) is 5.25. The molecule has 2 fully saturated rings. The van der Waals surface area contributed by atoms with Crippen LogP contribution in [0.25, 0.3) is 6.08 Å². The lowest BCUT2D eigenvalue weighted by Crippen LogP contribution is -2.46. The van der Waals surface area contributed by atoms with Gasteiger partial charge in [-0.15, -0.1) is 0 Å². The van der Waals surface area contributed by atoms with Crippen LogP contribution in [0.4, 0.5) is 4.39 Å². The molecule has 1 atom stereocenters. The number of para-hydroxylation sites is 1. The minimum Gasteiger partial charge on any atom is -0.457 e. The topological polar surface area (TPSA) is 12.5 Å². The summed E-state index contributed by atoms with van der Waals surface area (Å²) in [4.78, 5) is 2.61. The van der Waals surface area contributed by atoms with Crippen molar-refractivity contribution >= 4 is 6.08 Å². The Bertz CT molecular complexity index is 749. The number of likely N-dealkylation sites (tertiary alicyclic amines) is 1. The van der Waals surface area contributed by atoms with Crippen LogP contribution in [0, 0.1) is 5.82 Å². The Kier molecular flexibility index (Phi) is 4.84. The minimum atomic E-state index is -0.248. The second-order valence-electron chi connectivity index (χ2n) is 6.96. The van der Waals surface area contributed by atoms with Crippen LogP contribution in [-0.4, -0.2) is 24.0 Å². The van der Waals surface area contributed by atoms with Crippen LogP contribution >= 0.6 is 0 Å². The van der Waals surface area contributed by atoms with Gasteiger partial charge < -0.3 is 4.74 Å². The average Bonchev–Trinajstić information content (AvgIpc) is 2.59. The van der Waals surface area contributed by atoms with Gasteiger partial charge in [-0.3, -0.25) is 4.90 Å². The van der Waals surface area contributed by atoms with Crippen molar-refractivity contribution in [1.29, 1.82) is 0 Å². The van der Waals surface area contributed by atoms with E-state index in [0.29, 0.717) is 11.8 Å². The quantitative estimate of drug-likeness (QED) is 0.715. The predicted octanol–water partition coefficient (Wildman–Crippen LogP) is 5.65. The molecule has 0 bridgehead atoms. The highest BCUT2D eigenvalue weighted by Crippen LogP contribution is 2.34. The molecule has 2 nitrogen and oxygen atoms in total. The SMILES string of the molecule is Fc1ccc(Oc2ccccc2C=C2CCCCC2N2CCC2)cc1. The lowest BCUT2D eigenvalue weighted by atomic mass is 9.86. The van der Waals surface area contributed by atoms with Crippen LogP contribution in [0.2, 0.25) is 0 Å². The highest BCUT2D eigenvalue weighted by Gasteiger charge is 2.28. The number of hydrogen-bond donors (Lipinski definition) is 0. The summed E-state index contributed by atoms with van der Waals surface area (Å²) in [5.41, 5.74) is 2.63. The number of benzene rings is 2. The number of rotatable bonds is 4. The van der Waals surface area contributed by atoms with E-state index in [2.05, 4.69) is 17.0 Å². The van der Waals surface area contributed by atoms with Gasteiger partial charge in [-0.2, -0.15) is 0 Å². The van der Waals surface area contributed by atoms with Gasteiger partial charge in [0, 0.05) is 11.6 Å². The maximum atomic E-state index is 13.1. The Hall–Kier alpha value is -2.13. The van der Waals surface area contributed by atoms with Crippen LogP contribution in [0.3, 0.4) is 0 Å². The molecular weight excluding hydrogens is 313 g/mol. The van der Waals surface area contributed by atoms with E-state index in [4.69, 9.17) is 4.74 Å².